The van der Waals surface area contributed by atoms with Gasteiger partial charge in [-0.3, -0.25) is 0 Å². The summed E-state index contributed by atoms with van der Waals surface area (Å²) in [4.78, 5) is 22.1. The monoisotopic (exact) mass is 312 g/mol. The van der Waals surface area contributed by atoms with Crippen molar-refractivity contribution in [2.45, 2.75) is 6.92 Å². The van der Waals surface area contributed by atoms with Crippen molar-refractivity contribution in [3.63, 3.8) is 0 Å². The third-order valence-corrected chi connectivity index (χ3v) is 4.79. The number of fused-ring (bicyclic) bond motifs is 1. The van der Waals surface area contributed by atoms with Gasteiger partial charge in [0, 0.05) is 32.4 Å². The molecular weight excluding hydrogens is 296 g/mol. The van der Waals surface area contributed by atoms with Crippen LogP contribution in [0.2, 0.25) is 0 Å². The fourth-order valence-electron chi connectivity index (χ4n) is 2.77. The maximum Gasteiger partial charge on any atom is 0.150 e. The minimum atomic E-state index is 0.816. The highest BCUT2D eigenvalue weighted by Crippen LogP contribution is 2.28. The molecule has 0 aromatic carbocycles. The summed E-state index contributed by atoms with van der Waals surface area (Å²) >= 11 is 1.71. The van der Waals surface area contributed by atoms with Gasteiger partial charge in [0.15, 0.2) is 0 Å². The Kier molecular flexibility index (Phi) is 3.34. The molecular formula is C15H16N6S. The van der Waals surface area contributed by atoms with E-state index in [4.69, 9.17) is 0 Å². The maximum atomic E-state index is 4.51. The van der Waals surface area contributed by atoms with Crippen molar-refractivity contribution in [3.8, 4) is 0 Å². The molecule has 1 saturated heterocycles. The quantitative estimate of drug-likeness (QED) is 0.722. The number of thiophene rings is 1. The third kappa shape index (κ3) is 2.37. The van der Waals surface area contributed by atoms with E-state index in [0.29, 0.717) is 0 Å². The minimum absolute atomic E-state index is 0.816. The summed E-state index contributed by atoms with van der Waals surface area (Å²) in [5.41, 5.74) is 1.03. The Hall–Kier alpha value is -2.28. The van der Waals surface area contributed by atoms with Crippen LogP contribution in [0.4, 0.5) is 11.6 Å². The van der Waals surface area contributed by atoms with Gasteiger partial charge in [0.05, 0.1) is 10.2 Å². The number of hydrogen-bond acceptors (Lipinski definition) is 7. The lowest BCUT2D eigenvalue weighted by Gasteiger charge is -2.36. The third-order valence-electron chi connectivity index (χ3n) is 3.89. The van der Waals surface area contributed by atoms with Gasteiger partial charge in [-0.25, -0.2) is 19.9 Å². The zero-order valence-corrected chi connectivity index (χ0v) is 13.1. The summed E-state index contributed by atoms with van der Waals surface area (Å²) in [6.07, 6.45) is 3.48. The van der Waals surface area contributed by atoms with Gasteiger partial charge in [-0.1, -0.05) is 0 Å². The first kappa shape index (κ1) is 13.4. The normalized spacial score (nSPS) is 15.5. The van der Waals surface area contributed by atoms with Gasteiger partial charge in [0.1, 0.15) is 23.8 Å². The van der Waals surface area contributed by atoms with E-state index in [1.54, 1.807) is 17.7 Å². The van der Waals surface area contributed by atoms with Crippen LogP contribution in [0.3, 0.4) is 0 Å². The highest BCUT2D eigenvalue weighted by Gasteiger charge is 2.21. The van der Waals surface area contributed by atoms with Gasteiger partial charge in [0.2, 0.25) is 0 Å². The van der Waals surface area contributed by atoms with Crippen LogP contribution in [0.1, 0.15) is 5.82 Å². The number of aromatic nitrogens is 4. The number of hydrogen-bond donors (Lipinski definition) is 0. The topological polar surface area (TPSA) is 58.0 Å². The summed E-state index contributed by atoms with van der Waals surface area (Å²) in [6.45, 7) is 5.68. The molecule has 0 spiro atoms. The molecule has 0 saturated carbocycles. The van der Waals surface area contributed by atoms with Crippen molar-refractivity contribution in [2.75, 3.05) is 36.0 Å². The average molecular weight is 312 g/mol. The maximum absolute atomic E-state index is 4.51. The van der Waals surface area contributed by atoms with E-state index in [1.165, 1.54) is 4.70 Å². The van der Waals surface area contributed by atoms with Crippen LogP contribution in [0.5, 0.6) is 0 Å². The number of anilines is 2. The first-order valence-electron chi connectivity index (χ1n) is 7.29. The second-order valence-corrected chi connectivity index (χ2v) is 6.18. The lowest BCUT2D eigenvalue weighted by atomic mass is 10.3. The molecule has 0 amide bonds. The Morgan fingerprint density at radius 2 is 1.82 bits per heavy atom. The SMILES string of the molecule is Cc1nccc(N2CCN(c3ncnc4ccsc34)CC2)n1. The molecule has 0 N–H and O–H groups in total. The zero-order valence-electron chi connectivity index (χ0n) is 12.3. The lowest BCUT2D eigenvalue weighted by molar-refractivity contribution is 0.641. The Balaban J connectivity index is 1.53. The van der Waals surface area contributed by atoms with Gasteiger partial charge < -0.3 is 9.80 Å². The van der Waals surface area contributed by atoms with Crippen LogP contribution in [0.15, 0.2) is 30.0 Å². The second kappa shape index (κ2) is 5.49. The van der Waals surface area contributed by atoms with E-state index < -0.39 is 0 Å². The van der Waals surface area contributed by atoms with Crippen LogP contribution in [-0.4, -0.2) is 46.1 Å². The molecule has 1 aliphatic heterocycles. The van der Waals surface area contributed by atoms with Crippen molar-refractivity contribution >= 4 is 33.2 Å². The molecule has 0 aliphatic carbocycles. The van der Waals surface area contributed by atoms with E-state index in [1.807, 2.05) is 25.3 Å². The van der Waals surface area contributed by atoms with Gasteiger partial charge in [-0.2, -0.15) is 0 Å². The Labute approximate surface area is 132 Å². The first-order valence-corrected chi connectivity index (χ1v) is 8.17. The summed E-state index contributed by atoms with van der Waals surface area (Å²) in [7, 11) is 0. The number of nitrogens with zero attached hydrogens (tertiary/aromatic N) is 6. The highest BCUT2D eigenvalue weighted by atomic mass is 32.1. The van der Waals surface area contributed by atoms with Crippen molar-refractivity contribution in [3.05, 3.63) is 35.9 Å². The minimum Gasteiger partial charge on any atom is -0.353 e. The van der Waals surface area contributed by atoms with Crippen LogP contribution in [0, 0.1) is 6.92 Å². The Bertz CT molecular complexity index is 793. The Morgan fingerprint density at radius 3 is 2.64 bits per heavy atom. The molecule has 3 aromatic rings. The summed E-state index contributed by atoms with van der Waals surface area (Å²) in [6, 6.07) is 4.02. The molecule has 112 valence electrons. The van der Waals surface area contributed by atoms with E-state index in [-0.39, 0.29) is 0 Å². The van der Waals surface area contributed by atoms with E-state index in [9.17, 15) is 0 Å². The summed E-state index contributed by atoms with van der Waals surface area (Å²) < 4.78 is 1.17. The largest absolute Gasteiger partial charge is 0.353 e. The van der Waals surface area contributed by atoms with Crippen molar-refractivity contribution in [2.24, 2.45) is 0 Å². The summed E-state index contributed by atoms with van der Waals surface area (Å²) in [5, 5.41) is 2.07. The molecule has 1 fully saturated rings. The zero-order chi connectivity index (χ0) is 14.9. The van der Waals surface area contributed by atoms with Crippen LogP contribution >= 0.6 is 11.3 Å². The summed E-state index contributed by atoms with van der Waals surface area (Å²) in [5.74, 6) is 2.88. The molecule has 0 atom stereocenters. The molecule has 7 heteroatoms. The molecule has 3 aromatic heterocycles. The van der Waals surface area contributed by atoms with Crippen molar-refractivity contribution in [1.29, 1.82) is 0 Å². The predicted octanol–water partition coefficient (Wildman–Crippen LogP) is 2.12. The van der Waals surface area contributed by atoms with Gasteiger partial charge in [-0.15, -0.1) is 11.3 Å². The standard InChI is InChI=1S/C15H16N6S/c1-11-16-4-2-13(19-11)20-5-7-21(8-6-20)15-14-12(3-9-22-14)17-10-18-15/h2-4,9-10H,5-8H2,1H3. The van der Waals surface area contributed by atoms with Crippen molar-refractivity contribution in [1.82, 2.24) is 19.9 Å². The van der Waals surface area contributed by atoms with E-state index in [0.717, 1.165) is 49.2 Å². The van der Waals surface area contributed by atoms with Gasteiger partial charge >= 0.3 is 0 Å². The fraction of sp³-hybridized carbons (Fsp3) is 0.333. The molecule has 1 aliphatic rings. The molecule has 0 radical (unpaired) electrons. The predicted molar refractivity (Wildman–Crippen MR) is 88.6 cm³/mol. The van der Waals surface area contributed by atoms with E-state index >= 15 is 0 Å². The molecule has 0 unspecified atom stereocenters. The number of rotatable bonds is 2. The highest BCUT2D eigenvalue weighted by molar-refractivity contribution is 7.17. The van der Waals surface area contributed by atoms with Crippen LogP contribution in [0.25, 0.3) is 10.2 Å². The Morgan fingerprint density at radius 1 is 1.00 bits per heavy atom. The second-order valence-electron chi connectivity index (χ2n) is 5.27. The van der Waals surface area contributed by atoms with Crippen LogP contribution in [-0.2, 0) is 0 Å². The lowest BCUT2D eigenvalue weighted by Crippen LogP contribution is -2.47. The molecule has 4 heterocycles. The smallest absolute Gasteiger partial charge is 0.150 e. The number of piperazine rings is 1. The average Bonchev–Trinajstić information content (AvgIpc) is 3.04. The molecule has 0 bridgehead atoms. The van der Waals surface area contributed by atoms with Crippen molar-refractivity contribution < 1.29 is 0 Å². The molecule has 4 rings (SSSR count). The van der Waals surface area contributed by atoms with Crippen LogP contribution < -0.4 is 9.80 Å². The fourth-order valence-corrected chi connectivity index (χ4v) is 3.63. The molecule has 6 nitrogen and oxygen atoms in total. The number of aryl methyl sites for hydroxylation is 1. The van der Waals surface area contributed by atoms with E-state index in [2.05, 4.69) is 35.1 Å². The van der Waals surface area contributed by atoms with Gasteiger partial charge in [0.25, 0.3) is 0 Å². The first-order chi connectivity index (χ1) is 10.8. The molecule has 22 heavy (non-hydrogen) atoms. The van der Waals surface area contributed by atoms with Gasteiger partial charge in [-0.05, 0) is 24.4 Å².